The molecule has 0 amide bonds. The van der Waals surface area contributed by atoms with Crippen molar-refractivity contribution < 1.29 is 4.74 Å². The summed E-state index contributed by atoms with van der Waals surface area (Å²) in [6, 6.07) is 8.29. The zero-order valence-electron chi connectivity index (χ0n) is 12.1. The zero-order chi connectivity index (χ0) is 13.3. The molecule has 0 saturated carbocycles. The molecule has 1 unspecified atom stereocenters. The van der Waals surface area contributed by atoms with Crippen LogP contribution in [0.2, 0.25) is 0 Å². The minimum atomic E-state index is -0.131. The van der Waals surface area contributed by atoms with E-state index in [1.165, 1.54) is 5.56 Å². The number of benzene rings is 1. The zero-order valence-corrected chi connectivity index (χ0v) is 12.9. The fourth-order valence-corrected chi connectivity index (χ4v) is 3.39. The van der Waals surface area contributed by atoms with E-state index in [2.05, 4.69) is 72.1 Å². The molecule has 1 rings (SSSR count). The van der Waals surface area contributed by atoms with Crippen molar-refractivity contribution in [3.05, 3.63) is 29.8 Å². The highest BCUT2D eigenvalue weighted by atomic mass is 32.2. The van der Waals surface area contributed by atoms with Gasteiger partial charge in [0, 0.05) is 24.7 Å². The third kappa shape index (κ3) is 3.95. The van der Waals surface area contributed by atoms with Gasteiger partial charge in [0.15, 0.2) is 0 Å². The maximum Gasteiger partial charge on any atom is 0.260 e. The van der Waals surface area contributed by atoms with Crippen molar-refractivity contribution in [2.24, 2.45) is 0 Å². The lowest BCUT2D eigenvalue weighted by Crippen LogP contribution is -2.47. The van der Waals surface area contributed by atoms with Gasteiger partial charge in [0.2, 0.25) is 0 Å². The first-order valence-electron chi connectivity index (χ1n) is 6.05. The molecule has 0 heterocycles. The Bertz CT molecular complexity index is 360. The first-order valence-corrected chi connectivity index (χ1v) is 7.68. The van der Waals surface area contributed by atoms with Gasteiger partial charge in [-0.1, -0.05) is 17.7 Å². The maximum atomic E-state index is 6.16. The van der Waals surface area contributed by atoms with Crippen LogP contribution < -0.4 is 4.74 Å². The molecule has 0 saturated heterocycles. The molecule has 1 atom stereocenters. The van der Waals surface area contributed by atoms with E-state index >= 15 is 0 Å². The predicted octanol–water partition coefficient (Wildman–Crippen LogP) is 4.16. The largest absolute Gasteiger partial charge is 0.444 e. The Hall–Kier alpha value is -0.630. The topological polar surface area (TPSA) is 9.23 Å². The van der Waals surface area contributed by atoms with E-state index in [0.29, 0.717) is 0 Å². The second-order valence-corrected chi connectivity index (χ2v) is 9.17. The molecule has 1 aromatic rings. The van der Waals surface area contributed by atoms with Crippen LogP contribution in [0.1, 0.15) is 40.2 Å². The van der Waals surface area contributed by atoms with Gasteiger partial charge in [-0.05, 0) is 39.8 Å². The first kappa shape index (κ1) is 14.4. The number of hydrogen-bond acceptors (Lipinski definition) is 1. The summed E-state index contributed by atoms with van der Waals surface area (Å²) < 4.78 is 6.43. The molecule has 0 aliphatic rings. The average molecular weight is 253 g/mol. The number of aryl methyl sites for hydroxylation is 1. The van der Waals surface area contributed by atoms with E-state index in [-0.39, 0.29) is 20.6 Å². The molecule has 1 aromatic carbocycles. The van der Waals surface area contributed by atoms with Gasteiger partial charge in [-0.3, -0.25) is 0 Å². The van der Waals surface area contributed by atoms with Crippen molar-refractivity contribution >= 4 is 10.9 Å². The number of ether oxygens (including phenoxy) is 1. The summed E-state index contributed by atoms with van der Waals surface area (Å²) in [4.78, 5) is -0.131. The van der Waals surface area contributed by atoms with Crippen molar-refractivity contribution in [3.8, 4) is 5.75 Å². The molecule has 0 spiro atoms. The highest BCUT2D eigenvalue weighted by molar-refractivity contribution is 7.98. The van der Waals surface area contributed by atoms with Gasteiger partial charge in [0.05, 0.1) is 0 Å². The van der Waals surface area contributed by atoms with E-state index in [1.807, 2.05) is 0 Å². The van der Waals surface area contributed by atoms with Crippen molar-refractivity contribution in [1.82, 2.24) is 0 Å². The van der Waals surface area contributed by atoms with E-state index < -0.39 is 0 Å². The fourth-order valence-electron chi connectivity index (χ4n) is 1.69. The Morgan fingerprint density at radius 3 is 1.82 bits per heavy atom. The lowest BCUT2D eigenvalue weighted by atomic mass is 10.2. The van der Waals surface area contributed by atoms with Crippen LogP contribution in [0.15, 0.2) is 24.3 Å². The van der Waals surface area contributed by atoms with Gasteiger partial charge in [-0.15, -0.1) is 0 Å². The fraction of sp³-hybridized carbons (Fsp3) is 0.600. The van der Waals surface area contributed by atoms with Gasteiger partial charge in [-0.25, -0.2) is 0 Å². The molecular weight excluding hydrogens is 228 g/mol. The Morgan fingerprint density at radius 2 is 1.41 bits per heavy atom. The second-order valence-electron chi connectivity index (χ2n) is 5.94. The summed E-state index contributed by atoms with van der Waals surface area (Å²) in [5, 5.41) is 0. The summed E-state index contributed by atoms with van der Waals surface area (Å²) in [5.41, 5.74) is 1.27. The summed E-state index contributed by atoms with van der Waals surface area (Å²) in [6.07, 6.45) is 2.29. The Labute approximate surface area is 109 Å². The van der Waals surface area contributed by atoms with Crippen LogP contribution in [-0.4, -0.2) is 15.9 Å². The summed E-state index contributed by atoms with van der Waals surface area (Å²) in [6.45, 7) is 13.3. The number of hydrogen-bond donors (Lipinski definition) is 0. The summed E-state index contributed by atoms with van der Waals surface area (Å²) in [5.74, 6) is 0.962. The van der Waals surface area contributed by atoms with Crippen LogP contribution in [-0.2, 0) is 10.9 Å². The smallest absolute Gasteiger partial charge is 0.260 e. The van der Waals surface area contributed by atoms with Crippen molar-refractivity contribution in [2.45, 2.75) is 51.2 Å². The molecule has 0 aliphatic heterocycles. The molecule has 0 bridgehead atoms. The predicted molar refractivity (Wildman–Crippen MR) is 78.9 cm³/mol. The molecule has 0 N–H and O–H groups in total. The summed E-state index contributed by atoms with van der Waals surface area (Å²) in [7, 11) is 0.174. The van der Waals surface area contributed by atoms with Crippen LogP contribution in [0, 0.1) is 6.92 Å². The van der Waals surface area contributed by atoms with Crippen molar-refractivity contribution in [3.63, 3.8) is 0 Å². The van der Waals surface area contributed by atoms with Gasteiger partial charge >= 0.3 is 0 Å². The lowest BCUT2D eigenvalue weighted by molar-refractivity contribution is 0.201. The van der Waals surface area contributed by atoms with E-state index in [9.17, 15) is 0 Å². The van der Waals surface area contributed by atoms with Crippen LogP contribution in [0.25, 0.3) is 0 Å². The SMILES string of the molecule is Cc1ccc(OC(C)(C)[S+](C)C(C)(C)C)cc1. The normalized spacial score (nSPS) is 14.5. The van der Waals surface area contributed by atoms with Crippen molar-refractivity contribution in [1.29, 1.82) is 0 Å². The lowest BCUT2D eigenvalue weighted by Gasteiger charge is -2.31. The molecule has 0 aliphatic carbocycles. The Morgan fingerprint density at radius 1 is 0.941 bits per heavy atom. The molecule has 0 radical (unpaired) electrons. The Kier molecular flexibility index (Phi) is 4.19. The minimum Gasteiger partial charge on any atom is -0.444 e. The molecular formula is C15H25OS+. The monoisotopic (exact) mass is 253 g/mol. The molecule has 2 heteroatoms. The maximum absolute atomic E-state index is 6.16. The van der Waals surface area contributed by atoms with Gasteiger partial charge in [0.25, 0.3) is 4.93 Å². The van der Waals surface area contributed by atoms with E-state index in [0.717, 1.165) is 5.75 Å². The summed E-state index contributed by atoms with van der Waals surface area (Å²) >= 11 is 0. The average Bonchev–Trinajstić information content (AvgIpc) is 2.19. The van der Waals surface area contributed by atoms with Crippen LogP contribution in [0.5, 0.6) is 5.75 Å². The highest BCUT2D eigenvalue weighted by Gasteiger charge is 2.45. The third-order valence-corrected chi connectivity index (χ3v) is 6.44. The van der Waals surface area contributed by atoms with Gasteiger partial charge < -0.3 is 4.74 Å². The van der Waals surface area contributed by atoms with Crippen LogP contribution >= 0.6 is 0 Å². The van der Waals surface area contributed by atoms with Gasteiger partial charge in [0.1, 0.15) is 16.8 Å². The van der Waals surface area contributed by atoms with Gasteiger partial charge in [-0.2, -0.15) is 0 Å². The first-order chi connectivity index (χ1) is 7.63. The van der Waals surface area contributed by atoms with E-state index in [1.54, 1.807) is 0 Å². The standard InChI is InChI=1S/C15H25OS/c1-12-8-10-13(11-9-12)16-15(5,6)17(7)14(2,3)4/h8-11H,1-7H3/q+1. The molecule has 1 nitrogen and oxygen atoms in total. The van der Waals surface area contributed by atoms with E-state index in [4.69, 9.17) is 4.74 Å². The Balaban J connectivity index is 2.82. The van der Waals surface area contributed by atoms with Crippen LogP contribution in [0.3, 0.4) is 0 Å². The minimum absolute atomic E-state index is 0.131. The van der Waals surface area contributed by atoms with Crippen LogP contribution in [0.4, 0.5) is 0 Å². The second kappa shape index (κ2) is 4.93. The molecule has 17 heavy (non-hydrogen) atoms. The molecule has 0 fully saturated rings. The third-order valence-electron chi connectivity index (χ3n) is 3.04. The quantitative estimate of drug-likeness (QED) is 0.735. The van der Waals surface area contributed by atoms with Crippen molar-refractivity contribution in [2.75, 3.05) is 6.26 Å². The highest BCUT2D eigenvalue weighted by Crippen LogP contribution is 2.31. The molecule has 96 valence electrons. The number of rotatable bonds is 3. The molecule has 0 aromatic heterocycles.